The lowest BCUT2D eigenvalue weighted by Gasteiger charge is -2.17. The molecule has 1 amide bonds. The number of anilines is 1. The maximum absolute atomic E-state index is 13.0. The second-order valence-corrected chi connectivity index (χ2v) is 8.41. The third kappa shape index (κ3) is 3.80. The van der Waals surface area contributed by atoms with Crippen molar-refractivity contribution < 1.29 is 14.3 Å². The summed E-state index contributed by atoms with van der Waals surface area (Å²) in [5.41, 5.74) is 1.72. The Morgan fingerprint density at radius 3 is 3.00 bits per heavy atom. The van der Waals surface area contributed by atoms with E-state index in [2.05, 4.69) is 22.0 Å². The number of aromatic nitrogens is 2. The molecule has 0 aliphatic heterocycles. The molecule has 1 aromatic carbocycles. The number of ether oxygens (including phenoxy) is 1. The first-order valence-electron chi connectivity index (χ1n) is 9.44. The minimum atomic E-state index is -0.483. The van der Waals surface area contributed by atoms with Gasteiger partial charge in [0.15, 0.2) is 0 Å². The van der Waals surface area contributed by atoms with Crippen molar-refractivity contribution in [3.63, 3.8) is 0 Å². The molecule has 8 heteroatoms. The first kappa shape index (κ1) is 19.3. The molecule has 0 saturated heterocycles. The van der Waals surface area contributed by atoms with Crippen LogP contribution in [0.3, 0.4) is 0 Å². The van der Waals surface area contributed by atoms with Crippen LogP contribution in [0.2, 0.25) is 0 Å². The third-order valence-electron chi connectivity index (χ3n) is 5.16. The van der Waals surface area contributed by atoms with Crippen LogP contribution >= 0.6 is 11.3 Å². The van der Waals surface area contributed by atoms with Gasteiger partial charge >= 0.3 is 5.97 Å². The lowest BCUT2D eigenvalue weighted by atomic mass is 9.89. The lowest BCUT2D eigenvalue weighted by Crippen LogP contribution is -2.28. The number of rotatable bonds is 4. The fourth-order valence-electron chi connectivity index (χ4n) is 3.68. The Labute approximate surface area is 171 Å². The van der Waals surface area contributed by atoms with E-state index >= 15 is 0 Å². The van der Waals surface area contributed by atoms with Crippen molar-refractivity contribution in [1.29, 1.82) is 0 Å². The zero-order valence-corrected chi connectivity index (χ0v) is 17.0. The predicted octanol–water partition coefficient (Wildman–Crippen LogP) is 3.01. The average molecular weight is 411 g/mol. The van der Waals surface area contributed by atoms with Crippen molar-refractivity contribution in [3.05, 3.63) is 57.0 Å². The number of aryl methyl sites for hydroxylation is 1. The number of nitrogens with one attached hydrogen (secondary N) is 1. The fraction of sp³-hybridized carbons (Fsp3) is 0.333. The summed E-state index contributed by atoms with van der Waals surface area (Å²) in [5.74, 6) is -0.235. The molecule has 7 nitrogen and oxygen atoms in total. The van der Waals surface area contributed by atoms with Crippen LogP contribution in [0, 0.1) is 5.92 Å². The van der Waals surface area contributed by atoms with Crippen LogP contribution in [0.5, 0.6) is 0 Å². The highest BCUT2D eigenvalue weighted by Crippen LogP contribution is 2.35. The molecule has 0 saturated carbocycles. The van der Waals surface area contributed by atoms with Crippen LogP contribution in [-0.4, -0.2) is 28.5 Å². The van der Waals surface area contributed by atoms with Crippen molar-refractivity contribution in [2.75, 3.05) is 12.4 Å². The Kier molecular flexibility index (Phi) is 5.19. The van der Waals surface area contributed by atoms with Gasteiger partial charge in [-0.25, -0.2) is 9.78 Å². The highest BCUT2D eigenvalue weighted by atomic mass is 32.1. The van der Waals surface area contributed by atoms with E-state index in [9.17, 15) is 14.4 Å². The molecule has 29 heavy (non-hydrogen) atoms. The van der Waals surface area contributed by atoms with E-state index in [0.717, 1.165) is 29.7 Å². The molecule has 1 aliphatic rings. The molecule has 2 aromatic heterocycles. The smallest absolute Gasteiger partial charge is 0.337 e. The molecule has 1 N–H and O–H groups in total. The maximum Gasteiger partial charge on any atom is 0.337 e. The van der Waals surface area contributed by atoms with Crippen LogP contribution in [0.4, 0.5) is 5.69 Å². The molecular weight excluding hydrogens is 390 g/mol. The number of carbonyl (C=O) groups excluding carboxylic acids is 2. The van der Waals surface area contributed by atoms with Crippen LogP contribution in [0.25, 0.3) is 10.2 Å². The first-order chi connectivity index (χ1) is 14.0. The average Bonchev–Trinajstić information content (AvgIpc) is 3.07. The minimum Gasteiger partial charge on any atom is -0.465 e. The van der Waals surface area contributed by atoms with Gasteiger partial charge in [-0.2, -0.15) is 0 Å². The van der Waals surface area contributed by atoms with Crippen LogP contribution in [-0.2, 0) is 28.9 Å². The largest absolute Gasteiger partial charge is 0.465 e. The summed E-state index contributed by atoms with van der Waals surface area (Å²) in [6.45, 7) is 2.07. The highest BCUT2D eigenvalue weighted by molar-refractivity contribution is 7.18. The molecule has 0 radical (unpaired) electrons. The normalized spacial score (nSPS) is 15.7. The Balaban J connectivity index is 1.57. The number of fused-ring (bicyclic) bond motifs is 3. The molecule has 3 aromatic rings. The second-order valence-electron chi connectivity index (χ2n) is 7.33. The Hall–Kier alpha value is -3.00. The van der Waals surface area contributed by atoms with Gasteiger partial charge in [0.2, 0.25) is 5.91 Å². The monoisotopic (exact) mass is 411 g/mol. The molecule has 4 rings (SSSR count). The van der Waals surface area contributed by atoms with Gasteiger partial charge in [-0.05, 0) is 48.9 Å². The second kappa shape index (κ2) is 7.79. The first-order valence-corrected chi connectivity index (χ1v) is 10.3. The van der Waals surface area contributed by atoms with Crippen molar-refractivity contribution in [2.24, 2.45) is 5.92 Å². The zero-order valence-electron chi connectivity index (χ0n) is 16.2. The van der Waals surface area contributed by atoms with Gasteiger partial charge in [-0.3, -0.25) is 14.2 Å². The summed E-state index contributed by atoms with van der Waals surface area (Å²) >= 11 is 1.59. The van der Waals surface area contributed by atoms with Gasteiger partial charge in [0.1, 0.15) is 11.4 Å². The Bertz CT molecular complexity index is 1160. The van der Waals surface area contributed by atoms with E-state index in [1.54, 1.807) is 29.5 Å². The number of nitrogens with zero attached hydrogens (tertiary/aromatic N) is 2. The molecular formula is C21H21N3O4S. The summed E-state index contributed by atoms with van der Waals surface area (Å²) in [4.78, 5) is 43.5. The number of methoxy groups -OCH3 is 1. The van der Waals surface area contributed by atoms with E-state index in [-0.39, 0.29) is 18.0 Å². The standard InChI is InChI=1S/C21H21N3O4S/c1-12-6-7-15-16(8-12)29-19-18(15)20(26)24(11-22-19)10-17(25)23-14-5-3-4-13(9-14)21(27)28-2/h3-5,9,11-12H,6-8,10H2,1-2H3,(H,23,25)/t12-/m0/s1. The number of hydrogen-bond donors (Lipinski definition) is 1. The van der Waals surface area contributed by atoms with Crippen molar-refractivity contribution in [3.8, 4) is 0 Å². The summed E-state index contributed by atoms with van der Waals surface area (Å²) < 4.78 is 6.03. The van der Waals surface area contributed by atoms with Gasteiger partial charge in [0, 0.05) is 10.6 Å². The van der Waals surface area contributed by atoms with Gasteiger partial charge in [0.05, 0.1) is 24.4 Å². The number of amides is 1. The van der Waals surface area contributed by atoms with Crippen molar-refractivity contribution in [2.45, 2.75) is 32.7 Å². The van der Waals surface area contributed by atoms with Gasteiger partial charge in [-0.15, -0.1) is 11.3 Å². The van der Waals surface area contributed by atoms with Gasteiger partial charge < -0.3 is 10.1 Å². The highest BCUT2D eigenvalue weighted by Gasteiger charge is 2.23. The van der Waals surface area contributed by atoms with E-state index in [1.165, 1.54) is 28.9 Å². The number of hydrogen-bond acceptors (Lipinski definition) is 6. The summed E-state index contributed by atoms with van der Waals surface area (Å²) in [6, 6.07) is 6.46. The van der Waals surface area contributed by atoms with Gasteiger partial charge in [0.25, 0.3) is 5.56 Å². The van der Waals surface area contributed by atoms with Crippen LogP contribution in [0.1, 0.15) is 34.1 Å². The van der Waals surface area contributed by atoms with E-state index in [0.29, 0.717) is 22.6 Å². The quantitative estimate of drug-likeness (QED) is 0.667. The molecule has 0 unspecified atom stereocenters. The number of benzene rings is 1. The van der Waals surface area contributed by atoms with E-state index in [1.807, 2.05) is 0 Å². The van der Waals surface area contributed by atoms with E-state index < -0.39 is 5.97 Å². The predicted molar refractivity (Wildman–Crippen MR) is 111 cm³/mol. The van der Waals surface area contributed by atoms with Crippen LogP contribution in [0.15, 0.2) is 35.4 Å². The molecule has 1 aliphatic carbocycles. The third-order valence-corrected chi connectivity index (χ3v) is 6.33. The molecule has 0 spiro atoms. The minimum absolute atomic E-state index is 0.148. The summed E-state index contributed by atoms with van der Waals surface area (Å²) in [7, 11) is 1.30. The fourth-order valence-corrected chi connectivity index (χ4v) is 5.02. The van der Waals surface area contributed by atoms with E-state index in [4.69, 9.17) is 0 Å². The number of carbonyl (C=O) groups is 2. The lowest BCUT2D eigenvalue weighted by molar-refractivity contribution is -0.116. The summed E-state index contributed by atoms with van der Waals surface area (Å²) in [6.07, 6.45) is 4.35. The molecule has 0 bridgehead atoms. The molecule has 0 fully saturated rings. The molecule has 150 valence electrons. The topological polar surface area (TPSA) is 90.3 Å². The summed E-state index contributed by atoms with van der Waals surface area (Å²) in [5, 5.41) is 3.37. The van der Waals surface area contributed by atoms with Gasteiger partial charge in [-0.1, -0.05) is 13.0 Å². The SMILES string of the molecule is COC(=O)c1cccc(NC(=O)Cn2cnc3sc4c(c3c2=O)CC[C@H](C)C4)c1. The molecule has 2 heterocycles. The Morgan fingerprint density at radius 2 is 2.21 bits per heavy atom. The van der Waals surface area contributed by atoms with Crippen LogP contribution < -0.4 is 10.9 Å². The number of thiophene rings is 1. The Morgan fingerprint density at radius 1 is 1.38 bits per heavy atom. The zero-order chi connectivity index (χ0) is 20.5. The van der Waals surface area contributed by atoms with Crippen molar-refractivity contribution in [1.82, 2.24) is 9.55 Å². The van der Waals surface area contributed by atoms with Crippen molar-refractivity contribution >= 4 is 39.1 Å². The molecule has 1 atom stereocenters. The maximum atomic E-state index is 13.0. The number of esters is 1.